The summed E-state index contributed by atoms with van der Waals surface area (Å²) < 4.78 is 38.0. The van der Waals surface area contributed by atoms with Crippen LogP contribution in [0, 0.1) is 11.8 Å². The van der Waals surface area contributed by atoms with Crippen molar-refractivity contribution in [2.24, 2.45) is 11.8 Å². The third kappa shape index (κ3) is 6.81. The monoisotopic (exact) mass is 416 g/mol. The van der Waals surface area contributed by atoms with Crippen LogP contribution in [0.5, 0.6) is 0 Å². The van der Waals surface area contributed by atoms with Crippen molar-refractivity contribution in [3.8, 4) is 0 Å². The number of rotatable bonds is 5. The highest BCUT2D eigenvalue weighted by Crippen LogP contribution is 2.39. The summed E-state index contributed by atoms with van der Waals surface area (Å²) in [4.78, 5) is 20.0. The fraction of sp³-hybridized carbons (Fsp3) is 0.737. The first-order valence-corrected chi connectivity index (χ1v) is 9.93. The van der Waals surface area contributed by atoms with Crippen molar-refractivity contribution >= 4 is 11.9 Å². The molecule has 0 amide bonds. The van der Waals surface area contributed by atoms with Crippen molar-refractivity contribution in [1.29, 1.82) is 0 Å². The molecule has 4 rings (SSSR count). The lowest BCUT2D eigenvalue weighted by molar-refractivity contribution is -0.192. The van der Waals surface area contributed by atoms with Gasteiger partial charge >= 0.3 is 12.1 Å². The van der Waals surface area contributed by atoms with Crippen LogP contribution in [-0.4, -0.2) is 70.5 Å². The molecule has 2 aliphatic heterocycles. The van der Waals surface area contributed by atoms with Crippen molar-refractivity contribution in [2.75, 3.05) is 38.1 Å². The minimum Gasteiger partial charge on any atom is -0.475 e. The second-order valence-corrected chi connectivity index (χ2v) is 8.10. The molecule has 0 aromatic carbocycles. The number of anilines is 1. The molecule has 1 aromatic rings. The fourth-order valence-electron chi connectivity index (χ4n) is 3.99. The van der Waals surface area contributed by atoms with Gasteiger partial charge in [0, 0.05) is 37.9 Å². The van der Waals surface area contributed by atoms with Gasteiger partial charge in [-0.15, -0.1) is 0 Å². The average Bonchev–Trinajstić information content (AvgIpc) is 3.41. The van der Waals surface area contributed by atoms with Crippen molar-refractivity contribution in [2.45, 2.75) is 43.9 Å². The molecule has 2 N–H and O–H groups in total. The molecule has 0 bridgehead atoms. The van der Waals surface area contributed by atoms with Crippen molar-refractivity contribution < 1.29 is 27.8 Å². The maximum absolute atomic E-state index is 10.6. The van der Waals surface area contributed by atoms with E-state index in [9.17, 15) is 13.2 Å². The van der Waals surface area contributed by atoms with E-state index in [2.05, 4.69) is 20.2 Å². The lowest BCUT2D eigenvalue weighted by Gasteiger charge is -2.40. The highest BCUT2D eigenvalue weighted by Gasteiger charge is 2.44. The average molecular weight is 416 g/mol. The summed E-state index contributed by atoms with van der Waals surface area (Å²) >= 11 is 0. The summed E-state index contributed by atoms with van der Waals surface area (Å²) in [6.07, 6.45) is 5.04. The Kier molecular flexibility index (Phi) is 6.94. The summed E-state index contributed by atoms with van der Waals surface area (Å²) in [7, 11) is 0. The van der Waals surface area contributed by atoms with Crippen LogP contribution in [0.1, 0.15) is 32.1 Å². The molecule has 7 nitrogen and oxygen atoms in total. The van der Waals surface area contributed by atoms with Crippen LogP contribution in [0.15, 0.2) is 18.5 Å². The second kappa shape index (κ2) is 9.25. The Morgan fingerprint density at radius 3 is 2.62 bits per heavy atom. The molecule has 2 saturated heterocycles. The number of ether oxygens (including phenoxy) is 1. The molecule has 1 spiro atoms. The fourth-order valence-corrected chi connectivity index (χ4v) is 3.99. The minimum atomic E-state index is -5.08. The molecule has 3 aliphatic rings. The number of piperidine rings is 1. The zero-order valence-corrected chi connectivity index (χ0v) is 16.2. The summed E-state index contributed by atoms with van der Waals surface area (Å²) in [5, 5.41) is 10.5. The van der Waals surface area contributed by atoms with Gasteiger partial charge in [0.25, 0.3) is 0 Å². The van der Waals surface area contributed by atoms with Crippen LogP contribution >= 0.6 is 0 Å². The molecule has 3 fully saturated rings. The van der Waals surface area contributed by atoms with Crippen LogP contribution < -0.4 is 5.32 Å². The molecule has 2 atom stereocenters. The van der Waals surface area contributed by atoms with E-state index in [0.29, 0.717) is 5.92 Å². The largest absolute Gasteiger partial charge is 0.490 e. The quantitative estimate of drug-likeness (QED) is 0.763. The maximum atomic E-state index is 10.6. The van der Waals surface area contributed by atoms with E-state index >= 15 is 0 Å². The molecule has 0 radical (unpaired) electrons. The number of aromatic nitrogens is 2. The number of likely N-dealkylation sites (tertiary alicyclic amines) is 1. The first-order valence-electron chi connectivity index (χ1n) is 9.93. The van der Waals surface area contributed by atoms with Crippen LogP contribution in [0.2, 0.25) is 0 Å². The Morgan fingerprint density at radius 1 is 1.31 bits per heavy atom. The number of nitrogens with one attached hydrogen (secondary N) is 1. The lowest BCUT2D eigenvalue weighted by Crippen LogP contribution is -2.48. The predicted octanol–water partition coefficient (Wildman–Crippen LogP) is 2.80. The van der Waals surface area contributed by atoms with Gasteiger partial charge in [0.1, 0.15) is 0 Å². The smallest absolute Gasteiger partial charge is 0.475 e. The van der Waals surface area contributed by atoms with Gasteiger partial charge in [-0.1, -0.05) is 0 Å². The number of carboxylic acid groups (broad SMARTS) is 1. The first kappa shape index (κ1) is 21.8. The van der Waals surface area contributed by atoms with Crippen LogP contribution in [0.4, 0.5) is 19.1 Å². The lowest BCUT2D eigenvalue weighted by atomic mass is 9.86. The van der Waals surface area contributed by atoms with Crippen molar-refractivity contribution in [1.82, 2.24) is 14.9 Å². The molecule has 1 aromatic heterocycles. The number of carboxylic acids is 1. The van der Waals surface area contributed by atoms with Crippen LogP contribution in [0.3, 0.4) is 0 Å². The first-order chi connectivity index (χ1) is 13.8. The number of aliphatic carboxylic acids is 1. The van der Waals surface area contributed by atoms with Gasteiger partial charge in [-0.25, -0.2) is 14.8 Å². The van der Waals surface area contributed by atoms with Gasteiger partial charge in [0.2, 0.25) is 5.95 Å². The number of nitrogens with zero attached hydrogens (tertiary/aromatic N) is 3. The highest BCUT2D eigenvalue weighted by atomic mass is 19.4. The van der Waals surface area contributed by atoms with Crippen molar-refractivity contribution in [3.63, 3.8) is 0 Å². The Bertz CT molecular complexity index is 672. The normalized spacial score (nSPS) is 27.3. The van der Waals surface area contributed by atoms with E-state index in [-0.39, 0.29) is 5.60 Å². The zero-order valence-electron chi connectivity index (χ0n) is 16.2. The Balaban J connectivity index is 0.000000298. The highest BCUT2D eigenvalue weighted by molar-refractivity contribution is 5.73. The van der Waals surface area contributed by atoms with Gasteiger partial charge in [-0.2, -0.15) is 13.2 Å². The number of halogens is 3. The molecule has 1 aliphatic carbocycles. The van der Waals surface area contributed by atoms with Crippen LogP contribution in [0.25, 0.3) is 0 Å². The molecule has 162 valence electrons. The van der Waals surface area contributed by atoms with E-state index in [1.165, 1.54) is 45.2 Å². The minimum absolute atomic E-state index is 0.122. The van der Waals surface area contributed by atoms with Crippen LogP contribution in [-0.2, 0) is 9.53 Å². The molecule has 10 heteroatoms. The zero-order chi connectivity index (χ0) is 20.9. The van der Waals surface area contributed by atoms with E-state index in [4.69, 9.17) is 14.6 Å². The number of hydrogen-bond acceptors (Lipinski definition) is 6. The Labute approximate surface area is 167 Å². The standard InChI is InChI=1S/C17H26N4O.C2HF3O2/c1-5-17(13-21(8-1)11-14-3-4-14)9-15(12-22-17)10-20-16-18-6-2-7-19-16;3-2(4,5)1(6)7/h2,6-7,14-15H,1,3-5,8-13H2,(H,18,19,20);(H,6,7). The molecular formula is C19H27F3N4O3. The summed E-state index contributed by atoms with van der Waals surface area (Å²) in [5.74, 6) is -0.483. The van der Waals surface area contributed by atoms with E-state index in [0.717, 1.165) is 31.6 Å². The van der Waals surface area contributed by atoms with Gasteiger partial charge in [-0.3, -0.25) is 0 Å². The third-order valence-corrected chi connectivity index (χ3v) is 5.47. The third-order valence-electron chi connectivity index (χ3n) is 5.47. The molecular weight excluding hydrogens is 389 g/mol. The van der Waals surface area contributed by atoms with E-state index in [1.54, 1.807) is 12.4 Å². The maximum Gasteiger partial charge on any atom is 0.490 e. The summed E-state index contributed by atoms with van der Waals surface area (Å²) in [6.45, 7) is 5.49. The molecule has 2 unspecified atom stereocenters. The predicted molar refractivity (Wildman–Crippen MR) is 99.4 cm³/mol. The van der Waals surface area contributed by atoms with Gasteiger partial charge in [-0.05, 0) is 50.6 Å². The SMILES string of the molecule is O=C(O)C(F)(F)F.c1cnc(NCC2COC3(CCCN(CC4CC4)C3)C2)nc1. The Hall–Kier alpha value is -1.94. The molecule has 1 saturated carbocycles. The van der Waals surface area contributed by atoms with E-state index in [1.807, 2.05) is 6.07 Å². The number of carbonyl (C=O) groups is 1. The summed E-state index contributed by atoms with van der Waals surface area (Å²) in [5.41, 5.74) is 0.122. The number of alkyl halides is 3. The molecule has 29 heavy (non-hydrogen) atoms. The van der Waals surface area contributed by atoms with Crippen molar-refractivity contribution in [3.05, 3.63) is 18.5 Å². The van der Waals surface area contributed by atoms with E-state index < -0.39 is 12.1 Å². The van der Waals surface area contributed by atoms with Gasteiger partial charge < -0.3 is 20.1 Å². The molecule has 3 heterocycles. The Morgan fingerprint density at radius 2 is 2.00 bits per heavy atom. The summed E-state index contributed by atoms with van der Waals surface area (Å²) in [6, 6.07) is 1.84. The van der Waals surface area contributed by atoms with Gasteiger partial charge in [0.05, 0.1) is 12.2 Å². The second-order valence-electron chi connectivity index (χ2n) is 8.10. The number of hydrogen-bond donors (Lipinski definition) is 2. The topological polar surface area (TPSA) is 87.6 Å². The van der Waals surface area contributed by atoms with Gasteiger partial charge in [0.15, 0.2) is 0 Å².